The molecule has 2 aliphatic rings. The summed E-state index contributed by atoms with van der Waals surface area (Å²) in [5.74, 6) is 0.221. The predicted molar refractivity (Wildman–Crippen MR) is 156 cm³/mol. The van der Waals surface area contributed by atoms with E-state index in [1.54, 1.807) is 21.1 Å². The van der Waals surface area contributed by atoms with E-state index < -0.39 is 12.1 Å². The number of carboxylic acid groups (broad SMARTS) is 1. The molecule has 0 radical (unpaired) electrons. The summed E-state index contributed by atoms with van der Waals surface area (Å²) in [4.78, 5) is 32.7. The number of amides is 2. The summed E-state index contributed by atoms with van der Waals surface area (Å²) in [5.41, 5.74) is 4.05. The molecule has 5 rings (SSSR count). The van der Waals surface area contributed by atoms with Crippen molar-refractivity contribution in [2.24, 2.45) is 0 Å². The quantitative estimate of drug-likeness (QED) is 0.403. The van der Waals surface area contributed by atoms with Gasteiger partial charge in [-0.1, -0.05) is 23.7 Å². The number of carbonyl (C=O) groups is 3. The van der Waals surface area contributed by atoms with Gasteiger partial charge in [-0.15, -0.1) is 0 Å². The number of hydrogen-bond donors (Lipinski definition) is 3. The first-order valence-electron chi connectivity index (χ1n) is 13.3. The highest BCUT2D eigenvalue weighted by atomic mass is 35.5. The van der Waals surface area contributed by atoms with Gasteiger partial charge in [-0.05, 0) is 43.3 Å². The van der Waals surface area contributed by atoms with Gasteiger partial charge in [0.25, 0.3) is 5.97 Å². The predicted octanol–water partition coefficient (Wildman–Crippen LogP) is 3.57. The third-order valence-electron chi connectivity index (χ3n) is 6.34. The lowest BCUT2D eigenvalue weighted by molar-refractivity contribution is -0.139. The van der Waals surface area contributed by atoms with Gasteiger partial charge in [0.15, 0.2) is 11.5 Å². The molecule has 0 aliphatic carbocycles. The summed E-state index contributed by atoms with van der Waals surface area (Å²) in [7, 11) is 3.27. The zero-order chi connectivity index (χ0) is 30.8. The van der Waals surface area contributed by atoms with Crippen LogP contribution < -0.4 is 14.8 Å². The van der Waals surface area contributed by atoms with Gasteiger partial charge < -0.3 is 39.2 Å². The molecule has 0 bridgehead atoms. The molecule has 2 amide bonds. The van der Waals surface area contributed by atoms with Crippen LogP contribution in [0.15, 0.2) is 54.7 Å². The summed E-state index contributed by atoms with van der Waals surface area (Å²) >= 11 is 6.30. The Bertz CT molecular complexity index is 1390. The molecular formula is C30H36ClN3O8. The van der Waals surface area contributed by atoms with Gasteiger partial charge in [0.05, 0.1) is 45.6 Å². The summed E-state index contributed by atoms with van der Waals surface area (Å²) in [6.45, 7) is 4.29. The number of halogens is 1. The molecule has 1 fully saturated rings. The molecule has 2 aliphatic heterocycles. The van der Waals surface area contributed by atoms with Crippen molar-refractivity contribution in [1.29, 1.82) is 0 Å². The van der Waals surface area contributed by atoms with Gasteiger partial charge in [0, 0.05) is 48.1 Å². The molecule has 42 heavy (non-hydrogen) atoms. The monoisotopic (exact) mass is 601 g/mol. The van der Waals surface area contributed by atoms with Crippen molar-refractivity contribution in [2.45, 2.75) is 39.1 Å². The third-order valence-corrected chi connectivity index (χ3v) is 6.57. The highest BCUT2D eigenvalue weighted by Gasteiger charge is 2.28. The maximum absolute atomic E-state index is 11.3. The second-order valence-electron chi connectivity index (χ2n) is 9.58. The summed E-state index contributed by atoms with van der Waals surface area (Å²) < 4.78 is 19.5. The standard InChI is InChI=1S/C20H18ClNO3.C8H14N2O3.C2H4O2/c1-23-18-7-3-6-15(20(18)24-2)19-16-11-13(21)8-9-17(16)22-10-4-5-14(22)12-25-19;1-6(11)4-8(13)10-3-2-9-7(12)5-10;1-2(3)4/h3-11,19H,12H2,1-2H3;6,11H,2-5H2,1H3,(H,9,12);1H3,(H,3,4). The molecule has 3 N–H and O–H groups in total. The number of aromatic nitrogens is 1. The van der Waals surface area contributed by atoms with Crippen LogP contribution in [0.5, 0.6) is 11.5 Å². The Morgan fingerprint density at radius 2 is 1.88 bits per heavy atom. The number of piperazine rings is 1. The van der Waals surface area contributed by atoms with Crippen molar-refractivity contribution < 1.29 is 38.8 Å². The molecule has 2 unspecified atom stereocenters. The van der Waals surface area contributed by atoms with Crippen LogP contribution in [0.4, 0.5) is 0 Å². The number of carboxylic acids is 1. The number of fused-ring (bicyclic) bond motifs is 3. The lowest BCUT2D eigenvalue weighted by Gasteiger charge is -2.27. The molecule has 11 nitrogen and oxygen atoms in total. The summed E-state index contributed by atoms with van der Waals surface area (Å²) in [6, 6.07) is 15.8. The Morgan fingerprint density at radius 1 is 1.14 bits per heavy atom. The van der Waals surface area contributed by atoms with Crippen LogP contribution in [-0.2, 0) is 25.7 Å². The molecule has 0 saturated carbocycles. The lowest BCUT2D eigenvalue weighted by Crippen LogP contribution is -2.50. The first kappa shape index (κ1) is 32.5. The van der Waals surface area contributed by atoms with Crippen LogP contribution in [0.3, 0.4) is 0 Å². The molecule has 3 heterocycles. The fraction of sp³-hybridized carbons (Fsp3) is 0.367. The number of para-hydroxylation sites is 1. The lowest BCUT2D eigenvalue weighted by atomic mass is 9.98. The number of benzene rings is 2. The third kappa shape index (κ3) is 8.48. The minimum absolute atomic E-state index is 0.0906. The second kappa shape index (κ2) is 15.2. The number of ether oxygens (including phenoxy) is 3. The number of carbonyl (C=O) groups excluding carboxylic acids is 2. The average molecular weight is 602 g/mol. The van der Waals surface area contributed by atoms with E-state index in [1.165, 1.54) is 4.90 Å². The Kier molecular flexibility index (Phi) is 11.8. The number of hydrogen-bond acceptors (Lipinski definition) is 7. The molecular weight excluding hydrogens is 566 g/mol. The Hall–Kier alpha value is -4.06. The van der Waals surface area contributed by atoms with Crippen LogP contribution in [0.25, 0.3) is 5.69 Å². The Labute approximate surface area is 249 Å². The van der Waals surface area contributed by atoms with Crippen molar-refractivity contribution in [3.8, 4) is 17.2 Å². The molecule has 2 aromatic carbocycles. The number of aliphatic hydroxyl groups is 1. The van der Waals surface area contributed by atoms with Crippen LogP contribution in [0.2, 0.25) is 5.02 Å². The number of nitrogens with one attached hydrogen (secondary N) is 1. The SMILES string of the molecule is CC(=O)O.CC(O)CC(=O)N1CCNC(=O)C1.COc1cccc(C2OCc3cccn3-c3ccc(Cl)cc32)c1OC. The van der Waals surface area contributed by atoms with Gasteiger partial charge >= 0.3 is 0 Å². The van der Waals surface area contributed by atoms with Crippen molar-refractivity contribution in [2.75, 3.05) is 33.9 Å². The number of aliphatic hydroxyl groups excluding tert-OH is 1. The number of rotatable bonds is 5. The maximum Gasteiger partial charge on any atom is 0.300 e. The van der Waals surface area contributed by atoms with Crippen molar-refractivity contribution >= 4 is 29.4 Å². The highest BCUT2D eigenvalue weighted by molar-refractivity contribution is 6.30. The smallest absolute Gasteiger partial charge is 0.300 e. The van der Waals surface area contributed by atoms with E-state index >= 15 is 0 Å². The topological polar surface area (TPSA) is 140 Å². The minimum Gasteiger partial charge on any atom is -0.493 e. The number of methoxy groups -OCH3 is 2. The molecule has 3 aromatic rings. The van der Waals surface area contributed by atoms with E-state index in [0.29, 0.717) is 36.2 Å². The van der Waals surface area contributed by atoms with Crippen molar-refractivity contribution in [1.82, 2.24) is 14.8 Å². The van der Waals surface area contributed by atoms with Gasteiger partial charge in [-0.3, -0.25) is 14.4 Å². The molecule has 2 atom stereocenters. The van der Waals surface area contributed by atoms with Crippen molar-refractivity contribution in [3.63, 3.8) is 0 Å². The Morgan fingerprint density at radius 3 is 2.52 bits per heavy atom. The maximum atomic E-state index is 11.3. The van der Waals surface area contributed by atoms with Gasteiger partial charge in [-0.2, -0.15) is 0 Å². The van der Waals surface area contributed by atoms with Gasteiger partial charge in [-0.25, -0.2) is 0 Å². The Balaban J connectivity index is 0.000000239. The zero-order valence-electron chi connectivity index (χ0n) is 24.0. The molecule has 12 heteroatoms. The fourth-order valence-electron chi connectivity index (χ4n) is 4.59. The number of nitrogens with zero attached hydrogens (tertiary/aromatic N) is 2. The molecule has 1 aromatic heterocycles. The highest BCUT2D eigenvalue weighted by Crippen LogP contribution is 2.43. The van der Waals surface area contributed by atoms with Gasteiger partial charge in [0.2, 0.25) is 11.8 Å². The van der Waals surface area contributed by atoms with Crippen molar-refractivity contribution in [3.05, 3.63) is 76.6 Å². The second-order valence-corrected chi connectivity index (χ2v) is 10.0. The number of aliphatic carboxylic acids is 1. The fourth-order valence-corrected chi connectivity index (χ4v) is 4.77. The van der Waals surface area contributed by atoms with E-state index in [9.17, 15) is 9.59 Å². The van der Waals surface area contributed by atoms with E-state index in [2.05, 4.69) is 16.0 Å². The molecule has 226 valence electrons. The van der Waals surface area contributed by atoms with E-state index in [-0.39, 0.29) is 30.9 Å². The van der Waals surface area contributed by atoms with Crippen LogP contribution >= 0.6 is 11.6 Å². The van der Waals surface area contributed by atoms with Crippen LogP contribution in [0, 0.1) is 0 Å². The molecule has 1 saturated heterocycles. The summed E-state index contributed by atoms with van der Waals surface area (Å²) in [6.07, 6.45) is 1.18. The minimum atomic E-state index is -0.833. The van der Waals surface area contributed by atoms with E-state index in [1.807, 2.05) is 48.7 Å². The average Bonchev–Trinajstić information content (AvgIpc) is 3.35. The van der Waals surface area contributed by atoms with E-state index in [4.69, 9.17) is 40.8 Å². The van der Waals surface area contributed by atoms with Gasteiger partial charge in [0.1, 0.15) is 6.10 Å². The first-order valence-corrected chi connectivity index (χ1v) is 13.6. The normalized spacial score (nSPS) is 16.1. The first-order chi connectivity index (χ1) is 20.0. The molecule has 0 spiro atoms. The summed E-state index contributed by atoms with van der Waals surface area (Å²) in [5, 5.41) is 19.7. The zero-order valence-corrected chi connectivity index (χ0v) is 24.8. The van der Waals surface area contributed by atoms with E-state index in [0.717, 1.165) is 29.4 Å². The van der Waals surface area contributed by atoms with Crippen LogP contribution in [-0.4, -0.2) is 77.4 Å². The van der Waals surface area contributed by atoms with Crippen LogP contribution in [0.1, 0.15) is 43.2 Å². The largest absolute Gasteiger partial charge is 0.493 e.